The molecule has 0 N–H and O–H groups in total. The van der Waals surface area contributed by atoms with Crippen molar-refractivity contribution in [1.29, 1.82) is 0 Å². The lowest BCUT2D eigenvalue weighted by Crippen LogP contribution is -2.22. The predicted molar refractivity (Wildman–Crippen MR) is 72.2 cm³/mol. The summed E-state index contributed by atoms with van der Waals surface area (Å²) < 4.78 is 0. The number of benzene rings is 1. The van der Waals surface area contributed by atoms with Gasteiger partial charge in [0.1, 0.15) is 5.78 Å². The summed E-state index contributed by atoms with van der Waals surface area (Å²) in [6.07, 6.45) is 3.96. The van der Waals surface area contributed by atoms with E-state index in [1.807, 2.05) is 0 Å². The van der Waals surface area contributed by atoms with Crippen LogP contribution in [0.5, 0.6) is 0 Å². The van der Waals surface area contributed by atoms with Crippen LogP contribution >= 0.6 is 0 Å². The zero-order chi connectivity index (χ0) is 12.5. The number of rotatable bonds is 8. The van der Waals surface area contributed by atoms with E-state index in [-0.39, 0.29) is 0 Å². The van der Waals surface area contributed by atoms with Crippen LogP contribution in [0.2, 0.25) is 0 Å². The first kappa shape index (κ1) is 13.9. The van der Waals surface area contributed by atoms with Gasteiger partial charge in [-0.3, -0.25) is 0 Å². The van der Waals surface area contributed by atoms with Crippen LogP contribution in [0.25, 0.3) is 0 Å². The highest BCUT2D eigenvalue weighted by molar-refractivity contribution is 5.75. The summed E-state index contributed by atoms with van der Waals surface area (Å²) in [7, 11) is 2.15. The van der Waals surface area contributed by atoms with Crippen molar-refractivity contribution in [2.45, 2.75) is 32.6 Å². The number of hydrogen-bond donors (Lipinski definition) is 0. The molecule has 0 atom stereocenters. The number of likely N-dealkylation sites (N-methyl/N-ethyl adjacent to an activating group) is 1. The lowest BCUT2D eigenvalue weighted by atomic mass is 10.1. The van der Waals surface area contributed by atoms with Crippen molar-refractivity contribution < 1.29 is 4.79 Å². The molecule has 2 nitrogen and oxygen atoms in total. The average molecular weight is 233 g/mol. The van der Waals surface area contributed by atoms with Gasteiger partial charge in [0.15, 0.2) is 0 Å². The molecule has 0 amide bonds. The zero-order valence-electron chi connectivity index (χ0n) is 11.0. The topological polar surface area (TPSA) is 20.3 Å². The second kappa shape index (κ2) is 8.02. The zero-order valence-corrected chi connectivity index (χ0v) is 11.0. The largest absolute Gasteiger partial charge is 0.306 e. The van der Waals surface area contributed by atoms with Crippen LogP contribution in [-0.2, 0) is 11.2 Å². The number of ketones is 1. The van der Waals surface area contributed by atoms with Gasteiger partial charge < -0.3 is 9.69 Å². The van der Waals surface area contributed by atoms with E-state index < -0.39 is 0 Å². The molecule has 1 rings (SSSR count). The van der Waals surface area contributed by atoms with Gasteiger partial charge in [0.25, 0.3) is 0 Å². The normalized spacial score (nSPS) is 10.8. The highest BCUT2D eigenvalue weighted by Gasteiger charge is 2.00. The molecule has 0 bridgehead atoms. The predicted octanol–water partition coefficient (Wildman–Crippen LogP) is 2.92. The minimum atomic E-state index is 0.303. The fourth-order valence-corrected chi connectivity index (χ4v) is 1.83. The molecule has 0 saturated heterocycles. The fourth-order valence-electron chi connectivity index (χ4n) is 1.83. The van der Waals surface area contributed by atoms with Gasteiger partial charge in [-0.1, -0.05) is 30.3 Å². The van der Waals surface area contributed by atoms with Crippen molar-refractivity contribution in [2.24, 2.45) is 0 Å². The van der Waals surface area contributed by atoms with Crippen molar-refractivity contribution >= 4 is 5.78 Å². The number of hydrogen-bond acceptors (Lipinski definition) is 2. The van der Waals surface area contributed by atoms with Gasteiger partial charge in [-0.25, -0.2) is 0 Å². The van der Waals surface area contributed by atoms with E-state index in [1.165, 1.54) is 5.56 Å². The summed E-state index contributed by atoms with van der Waals surface area (Å²) in [5, 5.41) is 0. The molecule has 0 aliphatic heterocycles. The maximum absolute atomic E-state index is 10.8. The van der Waals surface area contributed by atoms with E-state index in [2.05, 4.69) is 42.3 Å². The average Bonchev–Trinajstić information content (AvgIpc) is 2.33. The van der Waals surface area contributed by atoms with Gasteiger partial charge in [-0.05, 0) is 45.3 Å². The quantitative estimate of drug-likeness (QED) is 0.643. The highest BCUT2D eigenvalue weighted by Crippen LogP contribution is 2.02. The van der Waals surface area contributed by atoms with Crippen LogP contribution in [0.1, 0.15) is 31.7 Å². The van der Waals surface area contributed by atoms with Gasteiger partial charge >= 0.3 is 0 Å². The summed E-state index contributed by atoms with van der Waals surface area (Å²) >= 11 is 0. The Morgan fingerprint density at radius 1 is 1.12 bits per heavy atom. The summed E-state index contributed by atoms with van der Waals surface area (Å²) in [6.45, 7) is 3.84. The van der Waals surface area contributed by atoms with Crippen LogP contribution in [-0.4, -0.2) is 30.8 Å². The summed E-state index contributed by atoms with van der Waals surface area (Å²) in [6, 6.07) is 10.6. The summed E-state index contributed by atoms with van der Waals surface area (Å²) in [5.41, 5.74) is 1.39. The molecule has 0 heterocycles. The number of Topliss-reactive ketones (excluding diaryl/α,β-unsaturated/α-hetero) is 1. The van der Waals surface area contributed by atoms with Crippen molar-refractivity contribution in [2.75, 3.05) is 20.1 Å². The van der Waals surface area contributed by atoms with Crippen LogP contribution in [0.4, 0.5) is 0 Å². The Bertz CT molecular complexity index is 321. The Hall–Kier alpha value is -1.15. The van der Waals surface area contributed by atoms with Gasteiger partial charge in [0.05, 0.1) is 0 Å². The molecule has 0 unspecified atom stereocenters. The molecule has 17 heavy (non-hydrogen) atoms. The summed E-state index contributed by atoms with van der Waals surface area (Å²) in [4.78, 5) is 13.1. The lowest BCUT2D eigenvalue weighted by Gasteiger charge is -2.16. The molecule has 0 aromatic heterocycles. The van der Waals surface area contributed by atoms with Crippen LogP contribution in [0.15, 0.2) is 30.3 Å². The van der Waals surface area contributed by atoms with Gasteiger partial charge in [0.2, 0.25) is 0 Å². The third kappa shape index (κ3) is 6.90. The number of carbonyl (C=O) groups excluding carboxylic acids is 1. The molecule has 2 heteroatoms. The van der Waals surface area contributed by atoms with E-state index in [0.717, 1.165) is 38.8 Å². The Balaban J connectivity index is 2.09. The number of carbonyl (C=O) groups is 1. The van der Waals surface area contributed by atoms with E-state index in [1.54, 1.807) is 6.92 Å². The molecule has 0 aliphatic carbocycles. The molecule has 0 spiro atoms. The smallest absolute Gasteiger partial charge is 0.129 e. The molecule has 1 aromatic rings. The van der Waals surface area contributed by atoms with Gasteiger partial charge in [-0.15, -0.1) is 0 Å². The van der Waals surface area contributed by atoms with E-state index in [0.29, 0.717) is 5.78 Å². The third-order valence-corrected chi connectivity index (χ3v) is 2.94. The molecule has 1 aromatic carbocycles. The molecule has 0 saturated carbocycles. The van der Waals surface area contributed by atoms with E-state index in [4.69, 9.17) is 0 Å². The SMILES string of the molecule is CC(=O)CCCCN(C)CCc1ccccc1. The van der Waals surface area contributed by atoms with Crippen LogP contribution in [0.3, 0.4) is 0 Å². The van der Waals surface area contributed by atoms with Crippen molar-refractivity contribution in [3.8, 4) is 0 Å². The van der Waals surface area contributed by atoms with Crippen molar-refractivity contribution in [1.82, 2.24) is 4.90 Å². The second-order valence-corrected chi connectivity index (χ2v) is 4.70. The van der Waals surface area contributed by atoms with Gasteiger partial charge in [-0.2, -0.15) is 0 Å². The Morgan fingerprint density at radius 2 is 1.82 bits per heavy atom. The molecular weight excluding hydrogens is 210 g/mol. The van der Waals surface area contributed by atoms with E-state index >= 15 is 0 Å². The lowest BCUT2D eigenvalue weighted by molar-refractivity contribution is -0.117. The molecule has 0 aliphatic rings. The first-order chi connectivity index (χ1) is 8.18. The van der Waals surface area contributed by atoms with Gasteiger partial charge in [0, 0.05) is 13.0 Å². The molecular formula is C15H23NO. The Labute approximate surface area is 105 Å². The maximum atomic E-state index is 10.8. The molecule has 0 radical (unpaired) electrons. The fraction of sp³-hybridized carbons (Fsp3) is 0.533. The third-order valence-electron chi connectivity index (χ3n) is 2.94. The monoisotopic (exact) mass is 233 g/mol. The first-order valence-electron chi connectivity index (χ1n) is 6.40. The minimum Gasteiger partial charge on any atom is -0.306 e. The van der Waals surface area contributed by atoms with Crippen LogP contribution in [0, 0.1) is 0 Å². The second-order valence-electron chi connectivity index (χ2n) is 4.70. The van der Waals surface area contributed by atoms with Crippen molar-refractivity contribution in [3.05, 3.63) is 35.9 Å². The standard InChI is InChI=1S/C15H23NO/c1-14(17)8-6-7-12-16(2)13-11-15-9-4-3-5-10-15/h3-5,9-10H,6-8,11-13H2,1-2H3. The first-order valence-corrected chi connectivity index (χ1v) is 6.40. The maximum Gasteiger partial charge on any atom is 0.129 e. The molecule has 94 valence electrons. The Morgan fingerprint density at radius 3 is 2.47 bits per heavy atom. The summed E-state index contributed by atoms with van der Waals surface area (Å²) in [5.74, 6) is 0.303. The molecule has 0 fully saturated rings. The number of unbranched alkanes of at least 4 members (excludes halogenated alkanes) is 1. The number of nitrogens with zero attached hydrogens (tertiary/aromatic N) is 1. The minimum absolute atomic E-state index is 0.303. The Kier molecular flexibility index (Phi) is 6.56. The van der Waals surface area contributed by atoms with Crippen molar-refractivity contribution in [3.63, 3.8) is 0 Å². The van der Waals surface area contributed by atoms with E-state index in [9.17, 15) is 4.79 Å². The highest BCUT2D eigenvalue weighted by atomic mass is 16.1. The van der Waals surface area contributed by atoms with Crippen LogP contribution < -0.4 is 0 Å².